The van der Waals surface area contributed by atoms with Crippen LogP contribution in [0.1, 0.15) is 208 Å². The van der Waals surface area contributed by atoms with Gasteiger partial charge >= 0.3 is 0 Å². The highest BCUT2D eigenvalue weighted by Gasteiger charge is 2.45. The molecule has 454 valence electrons. The number of epoxide rings is 2. The van der Waals surface area contributed by atoms with E-state index in [9.17, 15) is 5.11 Å². The lowest BCUT2D eigenvalue weighted by Gasteiger charge is -2.44. The van der Waals surface area contributed by atoms with Gasteiger partial charge in [-0.15, -0.1) is 0 Å². The van der Waals surface area contributed by atoms with Gasteiger partial charge in [0.2, 0.25) is 0 Å². The summed E-state index contributed by atoms with van der Waals surface area (Å²) in [4.78, 5) is 0. The third-order valence-electron chi connectivity index (χ3n) is 14.7. The second kappa shape index (κ2) is 42.2. The summed E-state index contributed by atoms with van der Waals surface area (Å²) in [6.07, 6.45) is 11.7. The van der Waals surface area contributed by atoms with Crippen LogP contribution in [-0.4, -0.2) is 63.1 Å². The molecular formula is C75H112O7. The molecule has 4 aliphatic rings. The molecule has 0 aromatic heterocycles. The zero-order chi connectivity index (χ0) is 60.6. The second-order valence-electron chi connectivity index (χ2n) is 18.9. The Hall–Kier alpha value is -5.60. The third kappa shape index (κ3) is 20.3. The zero-order valence-corrected chi connectivity index (χ0v) is 54.1. The normalized spacial score (nSPS) is 17.4. The number of ether oxygens (including phenoxy) is 6. The minimum Gasteiger partial charge on any atom is -0.491 e. The van der Waals surface area contributed by atoms with E-state index in [1.807, 2.05) is 111 Å². The van der Waals surface area contributed by atoms with Crippen molar-refractivity contribution in [2.45, 2.75) is 204 Å². The van der Waals surface area contributed by atoms with Crippen LogP contribution in [0.5, 0.6) is 23.0 Å². The van der Waals surface area contributed by atoms with Crippen molar-refractivity contribution in [1.82, 2.24) is 0 Å². The van der Waals surface area contributed by atoms with Crippen LogP contribution >= 0.6 is 0 Å². The Morgan fingerprint density at radius 1 is 0.341 bits per heavy atom. The van der Waals surface area contributed by atoms with Crippen LogP contribution in [0, 0.1) is 11.8 Å². The molecule has 2 aliphatic heterocycles. The molecule has 0 radical (unpaired) electrons. The fourth-order valence-electron chi connectivity index (χ4n) is 11.3. The van der Waals surface area contributed by atoms with Gasteiger partial charge in [-0.2, -0.15) is 0 Å². The second-order valence-corrected chi connectivity index (χ2v) is 18.9. The topological polar surface area (TPSA) is 82.2 Å². The van der Waals surface area contributed by atoms with Crippen molar-refractivity contribution in [3.05, 3.63) is 191 Å². The lowest BCUT2D eigenvalue weighted by molar-refractivity contribution is 0.0626. The highest BCUT2D eigenvalue weighted by molar-refractivity contribution is 5.55. The Morgan fingerprint density at radius 3 is 0.817 bits per heavy atom. The number of hydrogen-bond donors (Lipinski definition) is 1. The first-order valence-corrected chi connectivity index (χ1v) is 32.5. The average molecular weight is 1130 g/mol. The summed E-state index contributed by atoms with van der Waals surface area (Å²) in [5, 5.41) is 11.2. The average Bonchev–Trinajstić information content (AvgIpc) is 2.36. The van der Waals surface area contributed by atoms with Crippen molar-refractivity contribution in [2.75, 3.05) is 39.6 Å². The SMILES string of the molecule is CC.CC.CC.CC.CC.CC.CC.CC.OC(COc1ccc(C(c2ccccc2)(c2ccc(OCC3CO3)cc2)C2CCCCC2)cc1)COc1ccc(C(c2ccccc2)(c2ccc(OCC3CO3)cc2)C2CCCCC2)cc1. The predicted molar refractivity (Wildman–Crippen MR) is 350 cm³/mol. The van der Waals surface area contributed by atoms with Gasteiger partial charge in [0.1, 0.15) is 67.7 Å². The molecule has 6 aromatic rings. The number of rotatable bonds is 20. The molecule has 0 amide bonds. The van der Waals surface area contributed by atoms with Gasteiger partial charge in [-0.05, 0) is 119 Å². The summed E-state index contributed by atoms with van der Waals surface area (Å²) in [7, 11) is 0. The van der Waals surface area contributed by atoms with Crippen LogP contribution in [0.2, 0.25) is 0 Å². The Morgan fingerprint density at radius 2 is 0.573 bits per heavy atom. The quantitative estimate of drug-likeness (QED) is 0.0602. The minimum atomic E-state index is -0.819. The van der Waals surface area contributed by atoms with E-state index in [0.717, 1.165) is 61.9 Å². The molecule has 0 bridgehead atoms. The van der Waals surface area contributed by atoms with Crippen LogP contribution in [-0.2, 0) is 20.3 Å². The van der Waals surface area contributed by atoms with Crippen molar-refractivity contribution >= 4 is 0 Å². The highest BCUT2D eigenvalue weighted by atomic mass is 16.6. The molecule has 2 saturated heterocycles. The standard InChI is InChI=1S/C59H64O7.8C2H6/c60-51(37-61-52-29-21-47(22-30-52)58(43-13-5-1-6-14-43,44-15-7-2-8-16-44)49-25-33-54(34-26-49)63-39-56-41-65-56)38-62-53-31-23-48(24-32-53)59(45-17-9-3-10-18-45,46-19-11-4-12-20-46)50-27-35-55(36-28-50)64-40-57-42-66-57;8*1-2/h1,3,5-6,9-10,13-14,17-18,21-36,44,46,51,56-57,60H,2,4,7-8,11-12,15-16,19-20,37-42H2;8*1-2H3. The number of aliphatic hydroxyl groups excluding tert-OH is 1. The van der Waals surface area contributed by atoms with E-state index >= 15 is 0 Å². The number of aliphatic hydroxyl groups is 1. The molecule has 2 aliphatic carbocycles. The maximum atomic E-state index is 11.2. The van der Waals surface area contributed by atoms with Gasteiger partial charge in [-0.3, -0.25) is 0 Å². The maximum Gasteiger partial charge on any atom is 0.122 e. The summed E-state index contributed by atoms with van der Waals surface area (Å²) < 4.78 is 35.4. The van der Waals surface area contributed by atoms with E-state index < -0.39 is 6.10 Å². The maximum absolute atomic E-state index is 11.2. The van der Waals surface area contributed by atoms with Gasteiger partial charge in [0.25, 0.3) is 0 Å². The van der Waals surface area contributed by atoms with E-state index in [1.54, 1.807) is 0 Å². The largest absolute Gasteiger partial charge is 0.491 e. The molecule has 82 heavy (non-hydrogen) atoms. The molecule has 10 rings (SSSR count). The predicted octanol–water partition coefficient (Wildman–Crippen LogP) is 20.1. The van der Waals surface area contributed by atoms with Gasteiger partial charge in [0.15, 0.2) is 0 Å². The molecule has 1 N–H and O–H groups in total. The van der Waals surface area contributed by atoms with Crippen molar-refractivity contribution in [2.24, 2.45) is 11.8 Å². The summed E-state index contributed by atoms with van der Waals surface area (Å²) in [5.74, 6) is 4.03. The van der Waals surface area contributed by atoms with E-state index in [1.165, 1.54) is 71.9 Å². The first kappa shape index (κ1) is 72.5. The van der Waals surface area contributed by atoms with Gasteiger partial charge < -0.3 is 33.5 Å². The molecule has 0 spiro atoms. The van der Waals surface area contributed by atoms with Gasteiger partial charge in [0, 0.05) is 10.8 Å². The molecule has 6 aromatic carbocycles. The molecule has 2 heterocycles. The van der Waals surface area contributed by atoms with Gasteiger partial charge in [0.05, 0.1) is 13.2 Å². The summed E-state index contributed by atoms with van der Waals surface area (Å²) in [6.45, 7) is 35.0. The molecule has 7 nitrogen and oxygen atoms in total. The highest BCUT2D eigenvalue weighted by Crippen LogP contribution is 2.52. The number of benzene rings is 6. The molecular weight excluding hydrogens is 1010 g/mol. The Labute approximate surface area is 500 Å². The molecule has 4 atom stereocenters. The smallest absolute Gasteiger partial charge is 0.122 e. The van der Waals surface area contributed by atoms with Crippen molar-refractivity contribution in [3.8, 4) is 23.0 Å². The lowest BCUT2D eigenvalue weighted by atomic mass is 9.58. The van der Waals surface area contributed by atoms with Crippen LogP contribution < -0.4 is 18.9 Å². The van der Waals surface area contributed by atoms with Crippen LogP contribution in [0.15, 0.2) is 158 Å². The molecule has 4 unspecified atom stereocenters. The van der Waals surface area contributed by atoms with Crippen molar-refractivity contribution in [1.29, 1.82) is 0 Å². The zero-order valence-electron chi connectivity index (χ0n) is 54.1. The Kier molecular flexibility index (Phi) is 37.3. The molecule has 4 fully saturated rings. The number of hydrogen-bond acceptors (Lipinski definition) is 7. The van der Waals surface area contributed by atoms with Crippen LogP contribution in [0.4, 0.5) is 0 Å². The van der Waals surface area contributed by atoms with E-state index in [-0.39, 0.29) is 36.3 Å². The van der Waals surface area contributed by atoms with E-state index in [2.05, 4.69) is 158 Å². The van der Waals surface area contributed by atoms with Crippen molar-refractivity contribution < 1.29 is 33.5 Å². The van der Waals surface area contributed by atoms with Crippen LogP contribution in [0.25, 0.3) is 0 Å². The van der Waals surface area contributed by atoms with Crippen molar-refractivity contribution in [3.63, 3.8) is 0 Å². The summed E-state index contributed by atoms with van der Waals surface area (Å²) >= 11 is 0. The molecule has 2 saturated carbocycles. The van der Waals surface area contributed by atoms with E-state index in [4.69, 9.17) is 28.4 Å². The lowest BCUT2D eigenvalue weighted by Crippen LogP contribution is -2.39. The fraction of sp³-hybridized carbons (Fsp3) is 0.520. The summed E-state index contributed by atoms with van der Waals surface area (Å²) in [5.41, 5.74) is 6.92. The Balaban J connectivity index is 0.00000132. The fourth-order valence-corrected chi connectivity index (χ4v) is 11.3. The Bertz CT molecular complexity index is 2230. The minimum absolute atomic E-state index is 0.115. The van der Waals surface area contributed by atoms with Gasteiger partial charge in [-0.1, -0.05) is 258 Å². The molecule has 7 heteroatoms. The van der Waals surface area contributed by atoms with Crippen LogP contribution in [0.3, 0.4) is 0 Å². The first-order valence-electron chi connectivity index (χ1n) is 32.5. The van der Waals surface area contributed by atoms with Gasteiger partial charge in [-0.25, -0.2) is 0 Å². The third-order valence-corrected chi connectivity index (χ3v) is 14.7. The summed E-state index contributed by atoms with van der Waals surface area (Å²) in [6, 6.07) is 56.7. The monoisotopic (exact) mass is 1120 g/mol. The van der Waals surface area contributed by atoms with E-state index in [0.29, 0.717) is 25.0 Å². The first-order chi connectivity index (χ1) is 40.6.